The minimum Gasteiger partial charge on any atom is -0.350 e. The van der Waals surface area contributed by atoms with Gasteiger partial charge in [-0.1, -0.05) is 30.0 Å². The van der Waals surface area contributed by atoms with Crippen molar-refractivity contribution in [2.24, 2.45) is 0 Å². The smallest absolute Gasteiger partial charge is 0.220 e. The van der Waals surface area contributed by atoms with Crippen LogP contribution in [-0.2, 0) is 11.3 Å². The van der Waals surface area contributed by atoms with Crippen LogP contribution in [0.2, 0.25) is 0 Å². The summed E-state index contributed by atoms with van der Waals surface area (Å²) in [4.78, 5) is 11.6. The number of hydrogen-bond donors (Lipinski definition) is 1. The van der Waals surface area contributed by atoms with Gasteiger partial charge in [-0.15, -0.1) is 0 Å². The molecule has 0 atom stereocenters. The molecule has 0 saturated carbocycles. The summed E-state index contributed by atoms with van der Waals surface area (Å²) in [5, 5.41) is 2.81. The van der Waals surface area contributed by atoms with Crippen LogP contribution in [0.15, 0.2) is 36.5 Å². The number of carbonyl (C=O) groups excluding carboxylic acids is 1. The number of nitrogens with one attached hydrogen (secondary N) is 1. The van der Waals surface area contributed by atoms with Gasteiger partial charge in [0.15, 0.2) is 0 Å². The van der Waals surface area contributed by atoms with Gasteiger partial charge in [-0.05, 0) is 18.6 Å². The molecule has 0 saturated heterocycles. The Hall–Kier alpha value is -2.19. The van der Waals surface area contributed by atoms with Crippen molar-refractivity contribution in [3.05, 3.63) is 47.8 Å². The van der Waals surface area contributed by atoms with Gasteiger partial charge in [0.1, 0.15) is 0 Å². The standard InChI is InChI=1S/C15H15N3OS/c19-15(16-11-14-12-17-20-18-14)10-6-2-5-9-13-7-3-1-4-8-13/h1,3-4,7-8,12H,2,6,10-11H2,(H,16,19). The molecule has 0 spiro atoms. The second-order valence-electron chi connectivity index (χ2n) is 4.20. The molecule has 0 aliphatic rings. The second-order valence-corrected chi connectivity index (χ2v) is 4.75. The first-order valence-corrected chi connectivity index (χ1v) is 7.14. The first-order chi connectivity index (χ1) is 9.84. The number of nitrogens with zero attached hydrogens (tertiary/aromatic N) is 2. The van der Waals surface area contributed by atoms with Crippen LogP contribution in [0.1, 0.15) is 30.5 Å². The molecule has 2 aromatic rings. The van der Waals surface area contributed by atoms with Gasteiger partial charge in [-0.2, -0.15) is 8.75 Å². The van der Waals surface area contributed by atoms with E-state index in [4.69, 9.17) is 0 Å². The third kappa shape index (κ3) is 5.21. The predicted molar refractivity (Wildman–Crippen MR) is 78.9 cm³/mol. The summed E-state index contributed by atoms with van der Waals surface area (Å²) in [7, 11) is 0. The van der Waals surface area contributed by atoms with Crippen LogP contribution >= 0.6 is 11.7 Å². The zero-order valence-electron chi connectivity index (χ0n) is 11.0. The topological polar surface area (TPSA) is 54.9 Å². The summed E-state index contributed by atoms with van der Waals surface area (Å²) >= 11 is 1.14. The van der Waals surface area contributed by atoms with Crippen molar-refractivity contribution in [1.82, 2.24) is 14.1 Å². The van der Waals surface area contributed by atoms with Crippen molar-refractivity contribution < 1.29 is 4.79 Å². The zero-order valence-corrected chi connectivity index (χ0v) is 11.8. The number of benzene rings is 1. The lowest BCUT2D eigenvalue weighted by molar-refractivity contribution is -0.121. The van der Waals surface area contributed by atoms with E-state index >= 15 is 0 Å². The van der Waals surface area contributed by atoms with Gasteiger partial charge in [0.05, 0.1) is 30.2 Å². The average molecular weight is 285 g/mol. The number of carbonyl (C=O) groups is 1. The van der Waals surface area contributed by atoms with E-state index in [0.29, 0.717) is 13.0 Å². The number of unbranched alkanes of at least 4 members (excludes halogenated alkanes) is 1. The fourth-order valence-corrected chi connectivity index (χ4v) is 2.00. The Labute approximate surface area is 122 Å². The molecular weight excluding hydrogens is 270 g/mol. The molecule has 1 amide bonds. The van der Waals surface area contributed by atoms with Crippen molar-refractivity contribution >= 4 is 17.6 Å². The molecule has 0 bridgehead atoms. The van der Waals surface area contributed by atoms with E-state index in [-0.39, 0.29) is 5.91 Å². The van der Waals surface area contributed by atoms with E-state index in [1.807, 2.05) is 30.3 Å². The number of amides is 1. The minimum atomic E-state index is 0.0273. The Morgan fingerprint density at radius 1 is 1.30 bits per heavy atom. The summed E-state index contributed by atoms with van der Waals surface area (Å²) in [5.74, 6) is 6.18. The molecule has 0 radical (unpaired) electrons. The number of rotatable bonds is 5. The molecule has 1 aromatic carbocycles. The van der Waals surface area contributed by atoms with Crippen LogP contribution < -0.4 is 5.32 Å². The van der Waals surface area contributed by atoms with Crippen LogP contribution in [-0.4, -0.2) is 14.7 Å². The highest BCUT2D eigenvalue weighted by Gasteiger charge is 2.01. The molecule has 0 fully saturated rings. The molecule has 0 aliphatic carbocycles. The molecule has 1 N–H and O–H groups in total. The van der Waals surface area contributed by atoms with Crippen molar-refractivity contribution in [2.75, 3.05) is 0 Å². The first-order valence-electron chi connectivity index (χ1n) is 6.41. The highest BCUT2D eigenvalue weighted by atomic mass is 32.1. The molecular formula is C15H15N3OS. The monoisotopic (exact) mass is 285 g/mol. The van der Waals surface area contributed by atoms with Crippen molar-refractivity contribution in [3.63, 3.8) is 0 Å². The first kappa shape index (κ1) is 14.2. The molecule has 1 aromatic heterocycles. The van der Waals surface area contributed by atoms with Gasteiger partial charge in [0, 0.05) is 18.4 Å². The SMILES string of the molecule is O=C(CCCC#Cc1ccccc1)NCc1cnsn1. The lowest BCUT2D eigenvalue weighted by atomic mass is 10.2. The van der Waals surface area contributed by atoms with E-state index in [0.717, 1.165) is 35.8 Å². The van der Waals surface area contributed by atoms with Crippen LogP contribution in [0.25, 0.3) is 0 Å². The summed E-state index contributed by atoms with van der Waals surface area (Å²) in [6, 6.07) is 9.84. The van der Waals surface area contributed by atoms with E-state index in [1.54, 1.807) is 6.20 Å². The van der Waals surface area contributed by atoms with Gasteiger partial charge in [0.2, 0.25) is 5.91 Å². The fourth-order valence-electron chi connectivity index (χ4n) is 1.56. The summed E-state index contributed by atoms with van der Waals surface area (Å²) < 4.78 is 7.90. The van der Waals surface area contributed by atoms with E-state index in [1.165, 1.54) is 0 Å². The molecule has 0 aliphatic heterocycles. The quantitative estimate of drug-likeness (QED) is 0.678. The highest BCUT2D eigenvalue weighted by molar-refractivity contribution is 6.99. The van der Waals surface area contributed by atoms with Crippen LogP contribution in [0, 0.1) is 11.8 Å². The molecule has 4 nitrogen and oxygen atoms in total. The van der Waals surface area contributed by atoms with E-state index in [2.05, 4.69) is 25.9 Å². The molecule has 5 heteroatoms. The van der Waals surface area contributed by atoms with E-state index in [9.17, 15) is 4.79 Å². The second kappa shape index (κ2) is 8.08. The van der Waals surface area contributed by atoms with Crippen LogP contribution in [0.5, 0.6) is 0 Å². The lowest BCUT2D eigenvalue weighted by Gasteiger charge is -2.00. The molecule has 102 valence electrons. The third-order valence-corrected chi connectivity index (χ3v) is 3.10. The summed E-state index contributed by atoms with van der Waals surface area (Å²) in [5.41, 5.74) is 1.81. The number of hydrogen-bond acceptors (Lipinski definition) is 4. The summed E-state index contributed by atoms with van der Waals surface area (Å²) in [6.07, 6.45) is 3.64. The molecule has 0 unspecified atom stereocenters. The Kier molecular flexibility index (Phi) is 5.74. The third-order valence-electron chi connectivity index (χ3n) is 2.59. The van der Waals surface area contributed by atoms with Crippen molar-refractivity contribution in [1.29, 1.82) is 0 Å². The molecule has 20 heavy (non-hydrogen) atoms. The summed E-state index contributed by atoms with van der Waals surface area (Å²) in [6.45, 7) is 0.449. The Morgan fingerprint density at radius 2 is 2.15 bits per heavy atom. The normalized spacial score (nSPS) is 9.60. The average Bonchev–Trinajstić information content (AvgIpc) is 2.99. The van der Waals surface area contributed by atoms with Crippen LogP contribution in [0.4, 0.5) is 0 Å². The van der Waals surface area contributed by atoms with Gasteiger partial charge in [-0.3, -0.25) is 4.79 Å². The van der Waals surface area contributed by atoms with Crippen LogP contribution in [0.3, 0.4) is 0 Å². The maximum Gasteiger partial charge on any atom is 0.220 e. The maximum atomic E-state index is 11.6. The van der Waals surface area contributed by atoms with Gasteiger partial charge in [-0.25, -0.2) is 0 Å². The van der Waals surface area contributed by atoms with E-state index < -0.39 is 0 Å². The minimum absolute atomic E-state index is 0.0273. The molecule has 1 heterocycles. The van der Waals surface area contributed by atoms with Gasteiger partial charge < -0.3 is 5.32 Å². The van der Waals surface area contributed by atoms with Gasteiger partial charge in [0.25, 0.3) is 0 Å². The largest absolute Gasteiger partial charge is 0.350 e. The fraction of sp³-hybridized carbons (Fsp3) is 0.267. The molecule has 2 rings (SSSR count). The Balaban J connectivity index is 1.61. The van der Waals surface area contributed by atoms with Crippen molar-refractivity contribution in [2.45, 2.75) is 25.8 Å². The lowest BCUT2D eigenvalue weighted by Crippen LogP contribution is -2.22. The Bertz CT molecular complexity index is 585. The zero-order chi connectivity index (χ0) is 14.0. The predicted octanol–water partition coefficient (Wildman–Crippen LogP) is 2.38. The van der Waals surface area contributed by atoms with Gasteiger partial charge >= 0.3 is 0 Å². The highest BCUT2D eigenvalue weighted by Crippen LogP contribution is 1.99. The maximum absolute atomic E-state index is 11.6. The Morgan fingerprint density at radius 3 is 2.90 bits per heavy atom. The van der Waals surface area contributed by atoms with Crippen molar-refractivity contribution in [3.8, 4) is 11.8 Å². The number of aromatic nitrogens is 2.